The van der Waals surface area contributed by atoms with Gasteiger partial charge in [0.25, 0.3) is 0 Å². The lowest BCUT2D eigenvalue weighted by atomic mass is 10.2. The first-order chi connectivity index (χ1) is 6.58. The van der Waals surface area contributed by atoms with Gasteiger partial charge in [-0.15, -0.1) is 0 Å². The summed E-state index contributed by atoms with van der Waals surface area (Å²) in [4.78, 5) is 4.75. The number of likely N-dealkylation sites (N-methyl/N-ethyl adjacent to an activating group) is 1. The largest absolute Gasteiger partial charge is 0.372 e. The molecule has 0 aliphatic carbocycles. The molecule has 0 aromatic carbocycles. The molecule has 1 aliphatic heterocycles. The van der Waals surface area contributed by atoms with Gasteiger partial charge in [0.15, 0.2) is 0 Å². The molecule has 1 unspecified atom stereocenters. The number of rotatable bonds is 7. The zero-order valence-corrected chi connectivity index (χ0v) is 9.99. The van der Waals surface area contributed by atoms with Gasteiger partial charge in [-0.2, -0.15) is 0 Å². The molecule has 0 aromatic rings. The molecule has 0 aromatic heterocycles. The Morgan fingerprint density at radius 1 is 1.29 bits per heavy atom. The number of hydrogen-bond acceptors (Lipinski definition) is 3. The second kappa shape index (κ2) is 5.69. The van der Waals surface area contributed by atoms with Crippen molar-refractivity contribution < 1.29 is 4.74 Å². The van der Waals surface area contributed by atoms with Crippen molar-refractivity contribution in [1.82, 2.24) is 9.80 Å². The van der Waals surface area contributed by atoms with E-state index in [9.17, 15) is 0 Å². The van der Waals surface area contributed by atoms with Crippen LogP contribution in [0.5, 0.6) is 0 Å². The predicted molar refractivity (Wildman–Crippen MR) is 59.6 cm³/mol. The van der Waals surface area contributed by atoms with E-state index in [1.807, 2.05) is 0 Å². The van der Waals surface area contributed by atoms with Crippen LogP contribution < -0.4 is 0 Å². The Morgan fingerprint density at radius 2 is 1.93 bits per heavy atom. The van der Waals surface area contributed by atoms with Crippen molar-refractivity contribution in [2.75, 3.05) is 46.9 Å². The van der Waals surface area contributed by atoms with Gasteiger partial charge in [0.05, 0.1) is 12.7 Å². The van der Waals surface area contributed by atoms with Gasteiger partial charge in [-0.3, -0.25) is 4.90 Å². The fourth-order valence-corrected chi connectivity index (χ4v) is 1.58. The highest BCUT2D eigenvalue weighted by molar-refractivity contribution is 4.75. The number of epoxide rings is 1. The molecule has 3 nitrogen and oxygen atoms in total. The molecule has 1 aliphatic rings. The Labute approximate surface area is 88.0 Å². The summed E-state index contributed by atoms with van der Waals surface area (Å²) in [6, 6.07) is 0. The van der Waals surface area contributed by atoms with Crippen molar-refractivity contribution in [3.8, 4) is 0 Å². The van der Waals surface area contributed by atoms with Gasteiger partial charge in [0.1, 0.15) is 0 Å². The van der Waals surface area contributed by atoms with Crippen LogP contribution in [0.15, 0.2) is 0 Å². The summed E-state index contributed by atoms with van der Waals surface area (Å²) in [5.74, 6) is 0.746. The van der Waals surface area contributed by atoms with E-state index in [0.717, 1.165) is 32.2 Å². The third-order valence-corrected chi connectivity index (χ3v) is 2.35. The molecule has 0 saturated carbocycles. The van der Waals surface area contributed by atoms with Crippen molar-refractivity contribution >= 4 is 0 Å². The maximum absolute atomic E-state index is 5.27. The fraction of sp³-hybridized carbons (Fsp3) is 1.00. The molecule has 1 rings (SSSR count). The molecular weight excluding hydrogens is 176 g/mol. The Hall–Kier alpha value is -0.120. The molecule has 0 radical (unpaired) electrons. The standard InChI is InChI=1S/C11H24N2O/c1-10(2)7-13(6-5-12(3)4)8-11-9-14-11/h10-11H,5-9H2,1-4H3. The topological polar surface area (TPSA) is 19.0 Å². The highest BCUT2D eigenvalue weighted by Crippen LogP contribution is 2.11. The van der Waals surface area contributed by atoms with E-state index in [0.29, 0.717) is 6.10 Å². The van der Waals surface area contributed by atoms with E-state index in [-0.39, 0.29) is 0 Å². The van der Waals surface area contributed by atoms with Crippen LogP contribution in [0.2, 0.25) is 0 Å². The van der Waals surface area contributed by atoms with Crippen molar-refractivity contribution in [2.24, 2.45) is 5.92 Å². The molecule has 1 atom stereocenters. The van der Waals surface area contributed by atoms with Gasteiger partial charge < -0.3 is 9.64 Å². The van der Waals surface area contributed by atoms with Crippen LogP contribution in [-0.4, -0.2) is 62.8 Å². The van der Waals surface area contributed by atoms with E-state index in [4.69, 9.17) is 4.74 Å². The molecule has 0 spiro atoms. The lowest BCUT2D eigenvalue weighted by Crippen LogP contribution is -2.36. The van der Waals surface area contributed by atoms with Gasteiger partial charge in [0, 0.05) is 26.2 Å². The maximum atomic E-state index is 5.27. The number of ether oxygens (including phenoxy) is 1. The quantitative estimate of drug-likeness (QED) is 0.569. The molecule has 1 fully saturated rings. The zero-order chi connectivity index (χ0) is 10.6. The molecule has 0 bridgehead atoms. The molecule has 84 valence electrons. The Bertz CT molecular complexity index is 151. The predicted octanol–water partition coefficient (Wildman–Crippen LogP) is 0.905. The van der Waals surface area contributed by atoms with E-state index in [2.05, 4.69) is 37.7 Å². The summed E-state index contributed by atoms with van der Waals surface area (Å²) in [6.45, 7) is 10.1. The second-order valence-electron chi connectivity index (χ2n) is 4.91. The zero-order valence-electron chi connectivity index (χ0n) is 9.99. The lowest BCUT2D eigenvalue weighted by Gasteiger charge is -2.24. The first-order valence-corrected chi connectivity index (χ1v) is 5.56. The van der Waals surface area contributed by atoms with E-state index < -0.39 is 0 Å². The highest BCUT2D eigenvalue weighted by Gasteiger charge is 2.25. The third-order valence-electron chi connectivity index (χ3n) is 2.35. The first-order valence-electron chi connectivity index (χ1n) is 5.56. The Morgan fingerprint density at radius 3 is 2.36 bits per heavy atom. The van der Waals surface area contributed by atoms with Gasteiger partial charge in [-0.1, -0.05) is 13.8 Å². The maximum Gasteiger partial charge on any atom is 0.0936 e. The van der Waals surface area contributed by atoms with Gasteiger partial charge >= 0.3 is 0 Å². The van der Waals surface area contributed by atoms with E-state index in [1.165, 1.54) is 6.54 Å². The second-order valence-corrected chi connectivity index (χ2v) is 4.91. The molecule has 0 amide bonds. The molecule has 14 heavy (non-hydrogen) atoms. The van der Waals surface area contributed by atoms with Crippen molar-refractivity contribution in [3.05, 3.63) is 0 Å². The minimum absolute atomic E-state index is 0.524. The van der Waals surface area contributed by atoms with Crippen LogP contribution >= 0.6 is 0 Å². The summed E-state index contributed by atoms with van der Waals surface area (Å²) in [5, 5.41) is 0. The van der Waals surface area contributed by atoms with Crippen LogP contribution in [0.4, 0.5) is 0 Å². The molecule has 0 N–H and O–H groups in total. The van der Waals surface area contributed by atoms with Crippen LogP contribution in [0.1, 0.15) is 13.8 Å². The molecule has 3 heteroatoms. The average Bonchev–Trinajstić information content (AvgIpc) is 2.83. The normalized spacial score (nSPS) is 21.2. The van der Waals surface area contributed by atoms with Crippen molar-refractivity contribution in [1.29, 1.82) is 0 Å². The minimum Gasteiger partial charge on any atom is -0.372 e. The van der Waals surface area contributed by atoms with Crippen molar-refractivity contribution in [3.63, 3.8) is 0 Å². The summed E-state index contributed by atoms with van der Waals surface area (Å²) >= 11 is 0. The molecular formula is C11H24N2O. The number of nitrogens with zero attached hydrogens (tertiary/aromatic N) is 2. The summed E-state index contributed by atoms with van der Waals surface area (Å²) in [6.07, 6.45) is 0.524. The van der Waals surface area contributed by atoms with E-state index in [1.54, 1.807) is 0 Å². The smallest absolute Gasteiger partial charge is 0.0936 e. The number of hydrogen-bond donors (Lipinski definition) is 0. The van der Waals surface area contributed by atoms with Crippen molar-refractivity contribution in [2.45, 2.75) is 20.0 Å². The average molecular weight is 200 g/mol. The van der Waals surface area contributed by atoms with Crippen LogP contribution in [0, 0.1) is 5.92 Å². The van der Waals surface area contributed by atoms with Gasteiger partial charge in [0.2, 0.25) is 0 Å². The van der Waals surface area contributed by atoms with Gasteiger partial charge in [-0.25, -0.2) is 0 Å². The summed E-state index contributed by atoms with van der Waals surface area (Å²) in [5.41, 5.74) is 0. The third kappa shape index (κ3) is 5.58. The highest BCUT2D eigenvalue weighted by atomic mass is 16.6. The van der Waals surface area contributed by atoms with Crippen LogP contribution in [0.25, 0.3) is 0 Å². The summed E-state index contributed by atoms with van der Waals surface area (Å²) in [7, 11) is 4.25. The van der Waals surface area contributed by atoms with E-state index >= 15 is 0 Å². The fourth-order valence-electron chi connectivity index (χ4n) is 1.58. The minimum atomic E-state index is 0.524. The van der Waals surface area contributed by atoms with Crippen LogP contribution in [0.3, 0.4) is 0 Å². The molecule has 1 heterocycles. The SMILES string of the molecule is CC(C)CN(CCN(C)C)CC1CO1. The Balaban J connectivity index is 2.19. The summed E-state index contributed by atoms with van der Waals surface area (Å²) < 4.78 is 5.27. The van der Waals surface area contributed by atoms with Crippen LogP contribution in [-0.2, 0) is 4.74 Å². The van der Waals surface area contributed by atoms with Gasteiger partial charge in [-0.05, 0) is 20.0 Å². The lowest BCUT2D eigenvalue weighted by molar-refractivity contribution is 0.200. The Kier molecular flexibility index (Phi) is 4.85. The first kappa shape index (κ1) is 12.0. The molecule has 1 saturated heterocycles. The monoisotopic (exact) mass is 200 g/mol.